The van der Waals surface area contributed by atoms with Gasteiger partial charge >= 0.3 is 0 Å². The summed E-state index contributed by atoms with van der Waals surface area (Å²) in [6.45, 7) is 12.5. The van der Waals surface area contributed by atoms with Crippen LogP contribution in [0.5, 0.6) is 0 Å². The van der Waals surface area contributed by atoms with Crippen LogP contribution in [0.3, 0.4) is 0 Å². The van der Waals surface area contributed by atoms with Gasteiger partial charge in [0.2, 0.25) is 0 Å². The maximum absolute atomic E-state index is 3.97. The van der Waals surface area contributed by atoms with Gasteiger partial charge < -0.3 is 0 Å². The standard InChI is InChI=1S/C6H8N2.C5H12.C3H8/c1-5-3-7-6(2)8-4-5;1-3-5-4-2;1-3-2/h3-4H,1-2H3;3-5H2,1-2H3;3H2,1-2H3. The van der Waals surface area contributed by atoms with Crippen LogP contribution >= 0.6 is 0 Å². The Morgan fingerprint density at radius 2 is 1.25 bits per heavy atom. The first-order chi connectivity index (χ1) is 7.62. The van der Waals surface area contributed by atoms with Crippen LogP contribution < -0.4 is 0 Å². The first kappa shape index (κ1) is 17.5. The Bertz CT molecular complexity index is 194. The number of hydrogen-bond donors (Lipinski definition) is 0. The first-order valence-corrected chi connectivity index (χ1v) is 6.37. The molecule has 0 aliphatic rings. The molecule has 0 saturated heterocycles. The number of hydrogen-bond acceptors (Lipinski definition) is 2. The molecule has 0 unspecified atom stereocenters. The van der Waals surface area contributed by atoms with E-state index in [-0.39, 0.29) is 0 Å². The lowest BCUT2D eigenvalue weighted by Crippen LogP contribution is -1.84. The largest absolute Gasteiger partial charge is 0.241 e. The van der Waals surface area contributed by atoms with Crippen LogP contribution in [0.15, 0.2) is 12.4 Å². The first-order valence-electron chi connectivity index (χ1n) is 6.37. The lowest BCUT2D eigenvalue weighted by atomic mass is 10.3. The summed E-state index contributed by atoms with van der Waals surface area (Å²) >= 11 is 0. The molecule has 2 heteroatoms. The second-order valence-corrected chi connectivity index (χ2v) is 3.87. The maximum Gasteiger partial charge on any atom is 0.125 e. The highest BCUT2D eigenvalue weighted by atomic mass is 14.8. The van der Waals surface area contributed by atoms with Crippen LogP contribution in [0.2, 0.25) is 0 Å². The van der Waals surface area contributed by atoms with E-state index in [0.29, 0.717) is 0 Å². The lowest BCUT2D eigenvalue weighted by molar-refractivity contribution is 0.772. The van der Waals surface area contributed by atoms with Crippen molar-refractivity contribution in [3.05, 3.63) is 23.8 Å². The fourth-order valence-electron chi connectivity index (χ4n) is 0.811. The summed E-state index contributed by atoms with van der Waals surface area (Å²) < 4.78 is 0. The number of nitrogens with zero attached hydrogens (tertiary/aromatic N) is 2. The smallest absolute Gasteiger partial charge is 0.125 e. The van der Waals surface area contributed by atoms with E-state index in [1.807, 2.05) is 26.2 Å². The molecule has 0 fully saturated rings. The van der Waals surface area contributed by atoms with Crippen molar-refractivity contribution in [2.75, 3.05) is 0 Å². The quantitative estimate of drug-likeness (QED) is 0.727. The Morgan fingerprint density at radius 1 is 0.875 bits per heavy atom. The number of aryl methyl sites for hydroxylation is 2. The summed E-state index contributed by atoms with van der Waals surface area (Å²) in [6, 6.07) is 0. The third-order valence-corrected chi connectivity index (χ3v) is 1.62. The third kappa shape index (κ3) is 15.5. The van der Waals surface area contributed by atoms with Crippen molar-refractivity contribution in [1.29, 1.82) is 0 Å². The second kappa shape index (κ2) is 14.1. The van der Waals surface area contributed by atoms with Gasteiger partial charge in [-0.1, -0.05) is 53.4 Å². The molecule has 1 rings (SSSR count). The van der Waals surface area contributed by atoms with E-state index in [9.17, 15) is 0 Å². The van der Waals surface area contributed by atoms with Crippen molar-refractivity contribution < 1.29 is 0 Å². The van der Waals surface area contributed by atoms with Crippen molar-refractivity contribution >= 4 is 0 Å². The fourth-order valence-corrected chi connectivity index (χ4v) is 0.811. The van der Waals surface area contributed by atoms with Crippen molar-refractivity contribution in [3.8, 4) is 0 Å². The van der Waals surface area contributed by atoms with E-state index in [4.69, 9.17) is 0 Å². The molecular formula is C14H28N2. The zero-order valence-corrected chi connectivity index (χ0v) is 11.9. The van der Waals surface area contributed by atoms with Gasteiger partial charge in [0.25, 0.3) is 0 Å². The second-order valence-electron chi connectivity index (χ2n) is 3.87. The Balaban J connectivity index is 0. The zero-order valence-electron chi connectivity index (χ0n) is 11.9. The summed E-state index contributed by atoms with van der Waals surface area (Å²) in [5.41, 5.74) is 1.11. The van der Waals surface area contributed by atoms with Gasteiger partial charge in [0.05, 0.1) is 0 Å². The van der Waals surface area contributed by atoms with E-state index in [0.717, 1.165) is 11.4 Å². The van der Waals surface area contributed by atoms with Crippen LogP contribution in [-0.2, 0) is 0 Å². The number of unbranched alkanes of at least 4 members (excludes halogenated alkanes) is 2. The van der Waals surface area contributed by atoms with Gasteiger partial charge in [-0.05, 0) is 19.4 Å². The average Bonchev–Trinajstić information content (AvgIpc) is 2.26. The minimum Gasteiger partial charge on any atom is -0.241 e. The zero-order chi connectivity index (χ0) is 12.8. The summed E-state index contributed by atoms with van der Waals surface area (Å²) in [4.78, 5) is 7.94. The molecule has 0 N–H and O–H groups in total. The number of aromatic nitrogens is 2. The SMILES string of the molecule is CCC.CCCCC.Cc1cnc(C)nc1. The molecule has 0 amide bonds. The van der Waals surface area contributed by atoms with Gasteiger partial charge in [0.1, 0.15) is 5.82 Å². The summed E-state index contributed by atoms with van der Waals surface area (Å²) in [5, 5.41) is 0. The molecule has 0 aliphatic carbocycles. The van der Waals surface area contributed by atoms with E-state index < -0.39 is 0 Å². The molecular weight excluding hydrogens is 196 g/mol. The molecule has 1 aromatic rings. The molecule has 0 radical (unpaired) electrons. The Morgan fingerprint density at radius 3 is 1.44 bits per heavy atom. The van der Waals surface area contributed by atoms with E-state index in [1.54, 1.807) is 0 Å². The molecule has 16 heavy (non-hydrogen) atoms. The normalized spacial score (nSPS) is 8.38. The summed E-state index contributed by atoms with van der Waals surface area (Å²) in [5.74, 6) is 0.829. The van der Waals surface area contributed by atoms with Crippen molar-refractivity contribution in [1.82, 2.24) is 9.97 Å². The van der Waals surface area contributed by atoms with E-state index >= 15 is 0 Å². The van der Waals surface area contributed by atoms with Crippen LogP contribution in [-0.4, -0.2) is 9.97 Å². The molecule has 1 aromatic heterocycles. The van der Waals surface area contributed by atoms with Gasteiger partial charge in [-0.25, -0.2) is 9.97 Å². The van der Waals surface area contributed by atoms with Gasteiger partial charge in [-0.2, -0.15) is 0 Å². The molecule has 94 valence electrons. The van der Waals surface area contributed by atoms with Gasteiger partial charge in [-0.3, -0.25) is 0 Å². The van der Waals surface area contributed by atoms with Crippen molar-refractivity contribution in [3.63, 3.8) is 0 Å². The van der Waals surface area contributed by atoms with E-state index in [2.05, 4.69) is 37.7 Å². The Labute approximate surface area is 102 Å². The minimum absolute atomic E-state index is 0.829. The average molecular weight is 224 g/mol. The Kier molecular flexibility index (Phi) is 15.4. The van der Waals surface area contributed by atoms with Crippen LogP contribution in [0.1, 0.15) is 64.8 Å². The third-order valence-electron chi connectivity index (χ3n) is 1.62. The number of rotatable bonds is 2. The highest BCUT2D eigenvalue weighted by Gasteiger charge is 1.82. The molecule has 0 aromatic carbocycles. The molecule has 0 aliphatic heterocycles. The molecule has 1 heterocycles. The van der Waals surface area contributed by atoms with Gasteiger partial charge in [-0.15, -0.1) is 0 Å². The maximum atomic E-state index is 3.97. The molecule has 0 bridgehead atoms. The molecule has 0 atom stereocenters. The highest BCUT2D eigenvalue weighted by molar-refractivity contribution is 5.00. The van der Waals surface area contributed by atoms with E-state index in [1.165, 1.54) is 25.7 Å². The van der Waals surface area contributed by atoms with Crippen LogP contribution in [0, 0.1) is 13.8 Å². The topological polar surface area (TPSA) is 25.8 Å². The van der Waals surface area contributed by atoms with Gasteiger partial charge in [0.15, 0.2) is 0 Å². The van der Waals surface area contributed by atoms with Crippen molar-refractivity contribution in [2.24, 2.45) is 0 Å². The molecule has 0 saturated carbocycles. The van der Waals surface area contributed by atoms with Crippen LogP contribution in [0.4, 0.5) is 0 Å². The van der Waals surface area contributed by atoms with Crippen molar-refractivity contribution in [2.45, 2.75) is 67.2 Å². The Hall–Kier alpha value is -0.920. The molecule has 0 spiro atoms. The molecule has 2 nitrogen and oxygen atoms in total. The summed E-state index contributed by atoms with van der Waals surface area (Å²) in [7, 11) is 0. The predicted molar refractivity (Wildman–Crippen MR) is 72.7 cm³/mol. The fraction of sp³-hybridized carbons (Fsp3) is 0.714. The van der Waals surface area contributed by atoms with Crippen LogP contribution in [0.25, 0.3) is 0 Å². The minimum atomic E-state index is 0.829. The lowest BCUT2D eigenvalue weighted by Gasteiger charge is -1.88. The highest BCUT2D eigenvalue weighted by Crippen LogP contribution is 1.89. The van der Waals surface area contributed by atoms with Gasteiger partial charge in [0, 0.05) is 12.4 Å². The summed E-state index contributed by atoms with van der Waals surface area (Å²) in [6.07, 6.45) is 8.94. The monoisotopic (exact) mass is 224 g/mol. The predicted octanol–water partition coefficient (Wildman–Crippen LogP) is 4.71.